The third-order valence-corrected chi connectivity index (χ3v) is 10.7. The molecule has 1 heterocycles. The summed E-state index contributed by atoms with van der Waals surface area (Å²) < 4.78 is 2.27. The van der Waals surface area contributed by atoms with Crippen LogP contribution in [-0.2, 0) is 11.8 Å². The number of rotatable bonds is 6. The molecular weight excluding hydrogens is 595 g/mol. The normalized spacial score (nSPS) is 15.8. The fraction of sp³-hybridized carbons (Fsp3) is 0.152. The van der Waals surface area contributed by atoms with Crippen LogP contribution in [0.25, 0.3) is 45.3 Å². The molecule has 0 bridgehead atoms. The molecule has 3 heteroatoms. The van der Waals surface area contributed by atoms with Crippen molar-refractivity contribution in [3.63, 3.8) is 0 Å². The van der Waals surface area contributed by atoms with Gasteiger partial charge in [0.15, 0.2) is 0 Å². The molecular formula is C46H37N3. The molecule has 1 atom stereocenters. The zero-order valence-electron chi connectivity index (χ0n) is 28.2. The van der Waals surface area contributed by atoms with E-state index >= 15 is 0 Å². The maximum atomic E-state index is 5.14. The molecule has 0 radical (unpaired) electrons. The Hall–Kier alpha value is -5.85. The third kappa shape index (κ3) is 4.71. The first-order valence-electron chi connectivity index (χ1n) is 17.3. The molecule has 0 spiro atoms. The summed E-state index contributed by atoms with van der Waals surface area (Å²) in [5.41, 5.74) is 16.7. The zero-order valence-corrected chi connectivity index (χ0v) is 28.2. The van der Waals surface area contributed by atoms with Crippen LogP contribution in [-0.4, -0.2) is 9.55 Å². The Kier molecular flexibility index (Phi) is 6.81. The Bertz CT molecular complexity index is 2390. The van der Waals surface area contributed by atoms with Crippen LogP contribution >= 0.6 is 0 Å². The Labute approximate surface area is 288 Å². The summed E-state index contributed by atoms with van der Waals surface area (Å²) in [5, 5.41) is 0. The van der Waals surface area contributed by atoms with Crippen molar-refractivity contribution < 1.29 is 0 Å². The molecule has 0 amide bonds. The highest BCUT2D eigenvalue weighted by atomic mass is 15.1. The predicted molar refractivity (Wildman–Crippen MR) is 203 cm³/mol. The molecule has 0 N–H and O–H groups in total. The van der Waals surface area contributed by atoms with Crippen molar-refractivity contribution in [3.05, 3.63) is 167 Å². The van der Waals surface area contributed by atoms with E-state index in [1.807, 2.05) is 6.07 Å². The summed E-state index contributed by atoms with van der Waals surface area (Å²) in [6, 6.07) is 50.8. The average molecular weight is 632 g/mol. The number of allylic oxidation sites excluding steroid dienone is 1. The maximum Gasteiger partial charge on any atom is 0.145 e. The Morgan fingerprint density at radius 1 is 0.816 bits per heavy atom. The molecule has 1 unspecified atom stereocenters. The summed E-state index contributed by atoms with van der Waals surface area (Å²) in [5.74, 6) is 0.936. The zero-order chi connectivity index (χ0) is 33.1. The largest absolute Gasteiger partial charge is 0.310 e. The first kappa shape index (κ1) is 29.3. The summed E-state index contributed by atoms with van der Waals surface area (Å²) in [6.07, 6.45) is 7.68. The Morgan fingerprint density at radius 3 is 2.43 bits per heavy atom. The van der Waals surface area contributed by atoms with Crippen LogP contribution in [0.2, 0.25) is 0 Å². The Balaban J connectivity index is 1.19. The van der Waals surface area contributed by atoms with Crippen LogP contribution in [0, 0.1) is 19.1 Å². The lowest BCUT2D eigenvalue weighted by Gasteiger charge is -2.30. The fourth-order valence-electron chi connectivity index (χ4n) is 7.87. The molecule has 0 saturated heterocycles. The smallest absolute Gasteiger partial charge is 0.145 e. The van der Waals surface area contributed by atoms with E-state index < -0.39 is 0 Å². The molecule has 49 heavy (non-hydrogen) atoms. The predicted octanol–water partition coefficient (Wildman–Crippen LogP) is 11.7. The highest BCUT2D eigenvalue weighted by Gasteiger charge is 2.38. The van der Waals surface area contributed by atoms with Crippen molar-refractivity contribution in [2.24, 2.45) is 0 Å². The fourth-order valence-corrected chi connectivity index (χ4v) is 7.87. The van der Waals surface area contributed by atoms with Crippen LogP contribution in [0.15, 0.2) is 127 Å². The monoisotopic (exact) mass is 631 g/mol. The summed E-state index contributed by atoms with van der Waals surface area (Å²) >= 11 is 0. The van der Waals surface area contributed by atoms with E-state index in [-0.39, 0.29) is 5.41 Å². The van der Waals surface area contributed by atoms with E-state index in [9.17, 15) is 0 Å². The van der Waals surface area contributed by atoms with Crippen molar-refractivity contribution in [1.29, 1.82) is 0 Å². The number of para-hydroxylation sites is 2. The van der Waals surface area contributed by atoms with Crippen molar-refractivity contribution >= 4 is 34.2 Å². The molecule has 2 aliphatic rings. The quantitative estimate of drug-likeness (QED) is 0.182. The second kappa shape index (κ2) is 11.4. The van der Waals surface area contributed by atoms with Gasteiger partial charge in [0.25, 0.3) is 0 Å². The van der Waals surface area contributed by atoms with Gasteiger partial charge in [0, 0.05) is 39.3 Å². The molecule has 9 rings (SSSR count). The lowest BCUT2D eigenvalue weighted by molar-refractivity contribution is 0.564. The molecule has 0 aliphatic heterocycles. The molecule has 2 aliphatic carbocycles. The molecule has 7 aromatic rings. The standard InChI is InChI=1S/C46H37N3/c1-4-46(3)41-14-8-7-13-39(41)40-28-27-38(30-42(40)46)48(37-26-19-32-11-5-6-12-34(32)29-37)35-24-20-33(21-25-35)45-47-43-15-9-10-16-44(43)49(45)36-22-17-31(2)18-23-36/h5,8-11,14-30H,4,6,12H2,1-3H3. The molecule has 6 aromatic carbocycles. The van der Waals surface area contributed by atoms with Crippen LogP contribution in [0.5, 0.6) is 0 Å². The summed E-state index contributed by atoms with van der Waals surface area (Å²) in [4.78, 5) is 7.56. The van der Waals surface area contributed by atoms with Crippen molar-refractivity contribution in [3.8, 4) is 28.2 Å². The minimum Gasteiger partial charge on any atom is -0.310 e. The van der Waals surface area contributed by atoms with Crippen molar-refractivity contribution in [2.75, 3.05) is 4.90 Å². The van der Waals surface area contributed by atoms with Crippen molar-refractivity contribution in [2.45, 2.75) is 45.4 Å². The second-order valence-electron chi connectivity index (χ2n) is 13.6. The number of aryl methyl sites for hydroxylation is 2. The maximum absolute atomic E-state index is 5.14. The van der Waals surface area contributed by atoms with Gasteiger partial charge in [-0.25, -0.2) is 4.98 Å². The lowest BCUT2D eigenvalue weighted by Crippen LogP contribution is -2.20. The highest BCUT2D eigenvalue weighted by molar-refractivity contribution is 5.87. The molecule has 0 fully saturated rings. The van der Waals surface area contributed by atoms with Gasteiger partial charge in [0.2, 0.25) is 0 Å². The molecule has 3 nitrogen and oxygen atoms in total. The number of hydrogen-bond donors (Lipinski definition) is 0. The van der Waals surface area contributed by atoms with Crippen molar-refractivity contribution in [1.82, 2.24) is 9.55 Å². The molecule has 0 saturated carbocycles. The van der Waals surface area contributed by atoms with E-state index in [2.05, 4.69) is 170 Å². The van der Waals surface area contributed by atoms with E-state index in [1.54, 1.807) is 0 Å². The van der Waals surface area contributed by atoms with Gasteiger partial charge in [0.1, 0.15) is 5.82 Å². The topological polar surface area (TPSA) is 21.1 Å². The van der Waals surface area contributed by atoms with E-state index in [4.69, 9.17) is 4.98 Å². The van der Waals surface area contributed by atoms with Crippen LogP contribution in [0.1, 0.15) is 54.5 Å². The number of fused-ring (bicyclic) bond motifs is 5. The number of imidazole rings is 1. The van der Waals surface area contributed by atoms with Gasteiger partial charge in [-0.15, -0.1) is 0 Å². The lowest BCUT2D eigenvalue weighted by atomic mass is 9.78. The van der Waals surface area contributed by atoms with Gasteiger partial charge in [-0.1, -0.05) is 80.1 Å². The van der Waals surface area contributed by atoms with E-state index in [1.165, 1.54) is 44.6 Å². The first-order chi connectivity index (χ1) is 24.0. The van der Waals surface area contributed by atoms with Crippen LogP contribution < -0.4 is 4.90 Å². The molecule has 236 valence electrons. The van der Waals surface area contributed by atoms with E-state index in [0.29, 0.717) is 0 Å². The van der Waals surface area contributed by atoms with Gasteiger partial charge < -0.3 is 4.90 Å². The SMILES string of the molecule is CCC1(C)c2ccc#cc2-c2ccc(N(c3ccc(-c4nc5ccccc5n4-c4ccc(C)cc4)cc3)c3ccc4c(c3)CCC=C4)cc21. The second-order valence-corrected chi connectivity index (χ2v) is 13.6. The first-order valence-corrected chi connectivity index (χ1v) is 17.3. The van der Waals surface area contributed by atoms with Gasteiger partial charge in [-0.3, -0.25) is 4.57 Å². The van der Waals surface area contributed by atoms with E-state index in [0.717, 1.165) is 58.7 Å². The Morgan fingerprint density at radius 2 is 1.59 bits per heavy atom. The molecule has 1 aromatic heterocycles. The number of anilines is 3. The number of aromatic nitrogens is 2. The average Bonchev–Trinajstić information content (AvgIpc) is 3.66. The van der Waals surface area contributed by atoms with Gasteiger partial charge in [-0.05, 0) is 139 Å². The van der Waals surface area contributed by atoms with Crippen LogP contribution in [0.4, 0.5) is 17.1 Å². The number of nitrogens with zero attached hydrogens (tertiary/aromatic N) is 3. The van der Waals surface area contributed by atoms with Crippen LogP contribution in [0.3, 0.4) is 0 Å². The number of benzene rings is 5. The minimum atomic E-state index is -0.0858. The van der Waals surface area contributed by atoms with Gasteiger partial charge in [-0.2, -0.15) is 0 Å². The van der Waals surface area contributed by atoms with Gasteiger partial charge >= 0.3 is 0 Å². The summed E-state index contributed by atoms with van der Waals surface area (Å²) in [6.45, 7) is 6.79. The highest BCUT2D eigenvalue weighted by Crippen LogP contribution is 2.51. The minimum absolute atomic E-state index is 0.0858. The van der Waals surface area contributed by atoms with Gasteiger partial charge in [0.05, 0.1) is 11.0 Å². The number of hydrogen-bond acceptors (Lipinski definition) is 2. The third-order valence-electron chi connectivity index (χ3n) is 10.7. The summed E-state index contributed by atoms with van der Waals surface area (Å²) in [7, 11) is 0.